The Labute approximate surface area is 331 Å². The molecule has 2 unspecified atom stereocenters. The summed E-state index contributed by atoms with van der Waals surface area (Å²) in [6.07, 6.45) is 43.9. The molecule has 0 heterocycles. The number of aliphatic hydroxyl groups is 1. The summed E-state index contributed by atoms with van der Waals surface area (Å²) >= 11 is 0. The van der Waals surface area contributed by atoms with E-state index in [2.05, 4.69) is 43.5 Å². The number of phosphoric acid groups is 1. The van der Waals surface area contributed by atoms with Crippen molar-refractivity contribution in [1.82, 2.24) is 5.32 Å². The fourth-order valence-corrected chi connectivity index (χ4v) is 6.98. The van der Waals surface area contributed by atoms with Crippen molar-refractivity contribution in [1.29, 1.82) is 0 Å². The number of carbonyl (C=O) groups is 2. The average Bonchev–Trinajstić information content (AvgIpc) is 3.16. The zero-order chi connectivity index (χ0) is 39.6. The third kappa shape index (κ3) is 41.6. The van der Waals surface area contributed by atoms with Crippen molar-refractivity contribution >= 4 is 19.7 Å². The summed E-state index contributed by atoms with van der Waals surface area (Å²) < 4.78 is 26.9. The van der Waals surface area contributed by atoms with E-state index in [1.54, 1.807) is 0 Å². The van der Waals surface area contributed by atoms with Crippen molar-refractivity contribution in [3.63, 3.8) is 0 Å². The number of carbonyl (C=O) groups excluding carboxylic acids is 2. The molecule has 0 rings (SSSR count). The first-order valence-electron chi connectivity index (χ1n) is 22.3. The number of hydrogen-bond acceptors (Lipinski definition) is 7. The van der Waals surface area contributed by atoms with Crippen LogP contribution in [0.15, 0.2) is 24.3 Å². The van der Waals surface area contributed by atoms with E-state index < -0.39 is 26.5 Å². The largest absolute Gasteiger partial charge is 0.472 e. The smallest absolute Gasteiger partial charge is 0.463 e. The zero-order valence-electron chi connectivity index (χ0n) is 34.9. The predicted octanol–water partition coefficient (Wildman–Crippen LogP) is 12.4. The van der Waals surface area contributed by atoms with Gasteiger partial charge in [-0.2, -0.15) is 0 Å². The summed E-state index contributed by atoms with van der Waals surface area (Å²) in [6, 6.07) is 0. The first-order chi connectivity index (χ1) is 26.3. The van der Waals surface area contributed by atoms with Crippen LogP contribution < -0.4 is 5.32 Å². The summed E-state index contributed by atoms with van der Waals surface area (Å²) in [5.74, 6) is -0.524. The molecule has 0 aromatic heterocycles. The number of esters is 1. The van der Waals surface area contributed by atoms with E-state index in [9.17, 15) is 24.2 Å². The standard InChI is InChI=1S/C44H84NO8P/c1-3-5-7-9-11-13-15-17-19-20-21-22-23-25-27-29-31-33-35-37-44(48)51-40-42(46)41-53-54(49,50)52-39-38-45-43(47)36-34-32-30-28-26-24-18-16-14-12-10-8-6-4-2/h10,12,16,18,42,46H,3-9,11,13-15,17,19-41H2,1-2H3,(H,45,47)(H,49,50)/b12-10-,18-16-. The summed E-state index contributed by atoms with van der Waals surface area (Å²) in [6.45, 7) is 3.52. The van der Waals surface area contributed by atoms with E-state index in [4.69, 9.17) is 13.8 Å². The first-order valence-corrected chi connectivity index (χ1v) is 23.8. The molecular formula is C44H84NO8P. The van der Waals surface area contributed by atoms with Gasteiger partial charge in [-0.1, -0.05) is 186 Å². The Morgan fingerprint density at radius 1 is 0.574 bits per heavy atom. The molecule has 3 N–H and O–H groups in total. The third-order valence-corrected chi connectivity index (χ3v) is 10.6. The van der Waals surface area contributed by atoms with Gasteiger partial charge >= 0.3 is 13.8 Å². The lowest BCUT2D eigenvalue weighted by molar-refractivity contribution is -0.147. The highest BCUT2D eigenvalue weighted by atomic mass is 31.2. The van der Waals surface area contributed by atoms with Gasteiger partial charge in [0.05, 0.1) is 13.2 Å². The van der Waals surface area contributed by atoms with Crippen molar-refractivity contribution in [2.45, 2.75) is 219 Å². The maximum Gasteiger partial charge on any atom is 0.472 e. The number of aliphatic hydroxyl groups excluding tert-OH is 1. The van der Waals surface area contributed by atoms with Crippen LogP contribution in [0.1, 0.15) is 213 Å². The van der Waals surface area contributed by atoms with Gasteiger partial charge in [-0.3, -0.25) is 18.6 Å². The number of rotatable bonds is 42. The molecule has 9 nitrogen and oxygen atoms in total. The Morgan fingerprint density at radius 2 is 1.02 bits per heavy atom. The molecule has 0 bridgehead atoms. The normalized spacial score (nSPS) is 13.5. The van der Waals surface area contributed by atoms with Gasteiger partial charge in [0.15, 0.2) is 0 Å². The number of hydrogen-bond donors (Lipinski definition) is 3. The van der Waals surface area contributed by atoms with Crippen molar-refractivity contribution in [3.8, 4) is 0 Å². The zero-order valence-corrected chi connectivity index (χ0v) is 35.8. The van der Waals surface area contributed by atoms with Gasteiger partial charge < -0.3 is 20.1 Å². The second kappa shape index (κ2) is 41.1. The van der Waals surface area contributed by atoms with Crippen LogP contribution in [0, 0.1) is 0 Å². The summed E-state index contributed by atoms with van der Waals surface area (Å²) in [4.78, 5) is 33.9. The van der Waals surface area contributed by atoms with Gasteiger partial charge in [0.25, 0.3) is 0 Å². The number of phosphoric ester groups is 1. The van der Waals surface area contributed by atoms with Crippen LogP contribution in [-0.4, -0.2) is 54.3 Å². The van der Waals surface area contributed by atoms with E-state index in [1.807, 2.05) is 0 Å². The molecule has 0 aliphatic rings. The summed E-state index contributed by atoms with van der Waals surface area (Å²) in [5, 5.41) is 12.7. The third-order valence-electron chi connectivity index (χ3n) is 9.63. The molecule has 0 aliphatic heterocycles. The lowest BCUT2D eigenvalue weighted by Gasteiger charge is -2.15. The predicted molar refractivity (Wildman–Crippen MR) is 224 cm³/mol. The highest BCUT2D eigenvalue weighted by molar-refractivity contribution is 7.47. The molecule has 54 heavy (non-hydrogen) atoms. The van der Waals surface area contributed by atoms with Gasteiger partial charge in [-0.15, -0.1) is 0 Å². The molecule has 318 valence electrons. The minimum atomic E-state index is -4.42. The van der Waals surface area contributed by atoms with Crippen LogP contribution in [0.4, 0.5) is 0 Å². The Hall–Kier alpha value is -1.51. The first kappa shape index (κ1) is 52.5. The molecule has 0 aromatic rings. The highest BCUT2D eigenvalue weighted by Gasteiger charge is 2.23. The molecule has 0 spiro atoms. The average molecular weight is 786 g/mol. The van der Waals surface area contributed by atoms with Gasteiger partial charge in [0.2, 0.25) is 5.91 Å². The van der Waals surface area contributed by atoms with Crippen LogP contribution in [0.2, 0.25) is 0 Å². The van der Waals surface area contributed by atoms with E-state index >= 15 is 0 Å². The Bertz CT molecular complexity index is 944. The number of amides is 1. The SMILES string of the molecule is CCCC/C=C\C/C=C\CCCCCCCC(=O)NCCOP(=O)(O)OCC(O)COC(=O)CCCCCCCCCCCCCCCCCCCCC. The maximum absolute atomic E-state index is 12.1. The van der Waals surface area contributed by atoms with Crippen LogP contribution in [0.25, 0.3) is 0 Å². The molecule has 0 aliphatic carbocycles. The molecule has 0 saturated heterocycles. The second-order valence-corrected chi connectivity index (χ2v) is 16.5. The fraction of sp³-hybridized carbons (Fsp3) is 0.864. The number of allylic oxidation sites excluding steroid dienone is 4. The monoisotopic (exact) mass is 786 g/mol. The molecule has 0 saturated carbocycles. The van der Waals surface area contributed by atoms with Crippen LogP contribution in [-0.2, 0) is 27.9 Å². The van der Waals surface area contributed by atoms with Crippen LogP contribution in [0.5, 0.6) is 0 Å². The van der Waals surface area contributed by atoms with Gasteiger partial charge in [-0.05, 0) is 38.5 Å². The molecule has 0 fully saturated rings. The number of unbranched alkanes of at least 4 members (excludes halogenated alkanes) is 25. The Kier molecular flexibility index (Phi) is 40.0. The molecule has 1 amide bonds. The van der Waals surface area contributed by atoms with Crippen LogP contribution >= 0.6 is 7.82 Å². The van der Waals surface area contributed by atoms with Crippen molar-refractivity contribution in [2.75, 3.05) is 26.4 Å². The van der Waals surface area contributed by atoms with Gasteiger partial charge in [-0.25, -0.2) is 4.57 Å². The van der Waals surface area contributed by atoms with Gasteiger partial charge in [0.1, 0.15) is 12.7 Å². The minimum absolute atomic E-state index is 0.0759. The Morgan fingerprint density at radius 3 is 1.54 bits per heavy atom. The van der Waals surface area contributed by atoms with E-state index in [0.717, 1.165) is 64.2 Å². The summed E-state index contributed by atoms with van der Waals surface area (Å²) in [7, 11) is -4.42. The maximum atomic E-state index is 12.1. The van der Waals surface area contributed by atoms with Crippen LogP contribution in [0.3, 0.4) is 0 Å². The summed E-state index contributed by atoms with van der Waals surface area (Å²) in [5.41, 5.74) is 0. The lowest BCUT2D eigenvalue weighted by atomic mass is 10.0. The quantitative estimate of drug-likeness (QED) is 0.0241. The van der Waals surface area contributed by atoms with E-state index in [1.165, 1.54) is 122 Å². The second-order valence-electron chi connectivity index (χ2n) is 15.0. The number of nitrogens with one attached hydrogen (secondary N) is 1. The fourth-order valence-electron chi connectivity index (χ4n) is 6.22. The van der Waals surface area contributed by atoms with E-state index in [-0.39, 0.29) is 32.1 Å². The number of ether oxygens (including phenoxy) is 1. The van der Waals surface area contributed by atoms with Crippen molar-refractivity contribution in [3.05, 3.63) is 24.3 Å². The Balaban J connectivity index is 3.57. The van der Waals surface area contributed by atoms with Crippen molar-refractivity contribution < 1.29 is 37.9 Å². The minimum Gasteiger partial charge on any atom is -0.463 e. The van der Waals surface area contributed by atoms with E-state index in [0.29, 0.717) is 6.42 Å². The molecular weight excluding hydrogens is 701 g/mol. The van der Waals surface area contributed by atoms with Gasteiger partial charge in [0, 0.05) is 19.4 Å². The molecule has 10 heteroatoms. The van der Waals surface area contributed by atoms with Crippen molar-refractivity contribution in [2.24, 2.45) is 0 Å². The highest BCUT2D eigenvalue weighted by Crippen LogP contribution is 2.42. The lowest BCUT2D eigenvalue weighted by Crippen LogP contribution is -2.27. The molecule has 0 radical (unpaired) electrons. The molecule has 0 aromatic carbocycles. The topological polar surface area (TPSA) is 131 Å². The molecule has 2 atom stereocenters.